The molecule has 1 unspecified atom stereocenters. The summed E-state index contributed by atoms with van der Waals surface area (Å²) in [6, 6.07) is 23.0. The third-order valence-electron chi connectivity index (χ3n) is 6.69. The number of nitriles is 1. The molecule has 37 heavy (non-hydrogen) atoms. The van der Waals surface area contributed by atoms with E-state index in [-0.39, 0.29) is 5.91 Å². The lowest BCUT2D eigenvalue weighted by Crippen LogP contribution is -2.49. The van der Waals surface area contributed by atoms with E-state index in [0.29, 0.717) is 61.3 Å². The Hall–Kier alpha value is -4.61. The van der Waals surface area contributed by atoms with Crippen LogP contribution >= 0.6 is 0 Å². The Kier molecular flexibility index (Phi) is 6.05. The van der Waals surface area contributed by atoms with Crippen molar-refractivity contribution < 1.29 is 14.3 Å². The highest BCUT2D eigenvalue weighted by Gasteiger charge is 2.26. The van der Waals surface area contributed by atoms with Crippen molar-refractivity contribution in [1.29, 1.82) is 5.26 Å². The first-order valence-electron chi connectivity index (χ1n) is 12.2. The van der Waals surface area contributed by atoms with Crippen molar-refractivity contribution in [1.82, 2.24) is 19.4 Å². The molecule has 0 spiro atoms. The number of piperazine rings is 1. The first-order valence-corrected chi connectivity index (χ1v) is 12.2. The maximum absolute atomic E-state index is 13.2. The van der Waals surface area contributed by atoms with Crippen LogP contribution in [0.3, 0.4) is 0 Å². The Morgan fingerprint density at radius 3 is 2.68 bits per heavy atom. The number of carbonyl (C=O) groups is 1. The van der Waals surface area contributed by atoms with Crippen molar-refractivity contribution in [3.63, 3.8) is 0 Å². The van der Waals surface area contributed by atoms with E-state index in [1.54, 1.807) is 12.4 Å². The number of hydrogen-bond acceptors (Lipinski definition) is 6. The summed E-state index contributed by atoms with van der Waals surface area (Å²) in [6.45, 7) is 3.34. The standard InChI is InChI=1S/C29H25N5O3/c30-14-22-7-6-21-12-28(22)37-26-8-9-27(36-25-4-2-1-3-5-25)23(13-26)17-33-11-10-32(19-29(33)35)18-24-15-31-20-34(24)16-21/h1-9,12-13,15,20H,10-11,16-19H2. The monoisotopic (exact) mass is 491 g/mol. The highest BCUT2D eigenvalue weighted by molar-refractivity contribution is 5.79. The molecule has 4 heterocycles. The van der Waals surface area contributed by atoms with E-state index in [0.717, 1.165) is 23.4 Å². The average Bonchev–Trinajstić information content (AvgIpc) is 3.33. The quantitative estimate of drug-likeness (QED) is 0.409. The molecule has 8 nitrogen and oxygen atoms in total. The Morgan fingerprint density at radius 2 is 1.84 bits per heavy atom. The largest absolute Gasteiger partial charge is 0.457 e. The first kappa shape index (κ1) is 22.8. The molecule has 8 heteroatoms. The zero-order valence-electron chi connectivity index (χ0n) is 20.2. The Bertz CT molecular complexity index is 1490. The van der Waals surface area contributed by atoms with Gasteiger partial charge in [0.25, 0.3) is 0 Å². The molecule has 184 valence electrons. The fraction of sp³-hybridized carbons (Fsp3) is 0.207. The molecule has 4 aromatic rings. The second-order valence-electron chi connectivity index (χ2n) is 9.27. The molecule has 6 bridgehead atoms. The van der Waals surface area contributed by atoms with Crippen LogP contribution in [-0.4, -0.2) is 44.9 Å². The maximum Gasteiger partial charge on any atom is 0.237 e. The van der Waals surface area contributed by atoms with Crippen LogP contribution in [0.5, 0.6) is 23.0 Å². The summed E-state index contributed by atoms with van der Waals surface area (Å²) in [6.07, 6.45) is 3.64. The van der Waals surface area contributed by atoms with Gasteiger partial charge in [-0.15, -0.1) is 0 Å². The van der Waals surface area contributed by atoms with Gasteiger partial charge in [-0.05, 0) is 48.0 Å². The van der Waals surface area contributed by atoms with Gasteiger partial charge in [0.2, 0.25) is 5.91 Å². The second-order valence-corrected chi connectivity index (χ2v) is 9.27. The minimum absolute atomic E-state index is 0.0679. The molecule has 0 aliphatic carbocycles. The average molecular weight is 492 g/mol. The molecule has 1 amide bonds. The normalized spacial score (nSPS) is 17.0. The summed E-state index contributed by atoms with van der Waals surface area (Å²) in [4.78, 5) is 21.5. The summed E-state index contributed by atoms with van der Waals surface area (Å²) in [5.74, 6) is 2.50. The minimum atomic E-state index is 0.0679. The molecule has 7 rings (SSSR count). The predicted molar refractivity (Wildman–Crippen MR) is 136 cm³/mol. The number of benzene rings is 3. The number of hydrogen-bond donors (Lipinski definition) is 0. The number of carbonyl (C=O) groups excluding carboxylic acids is 1. The Balaban J connectivity index is 1.42. The van der Waals surface area contributed by atoms with E-state index in [1.165, 1.54) is 0 Å². The van der Waals surface area contributed by atoms with E-state index in [9.17, 15) is 10.1 Å². The van der Waals surface area contributed by atoms with Crippen LogP contribution < -0.4 is 9.47 Å². The van der Waals surface area contributed by atoms with Gasteiger partial charge in [0.05, 0.1) is 24.1 Å². The fourth-order valence-corrected chi connectivity index (χ4v) is 4.74. The van der Waals surface area contributed by atoms with Crippen LogP contribution in [0.25, 0.3) is 0 Å². The van der Waals surface area contributed by atoms with E-state index in [2.05, 4.69) is 20.5 Å². The first-order chi connectivity index (χ1) is 18.1. The van der Waals surface area contributed by atoms with Gasteiger partial charge in [-0.3, -0.25) is 9.69 Å². The van der Waals surface area contributed by atoms with Crippen molar-refractivity contribution in [2.75, 3.05) is 19.6 Å². The van der Waals surface area contributed by atoms with Gasteiger partial charge in [-0.25, -0.2) is 4.98 Å². The van der Waals surface area contributed by atoms with Crippen LogP contribution in [0.2, 0.25) is 0 Å². The molecule has 3 aromatic carbocycles. The predicted octanol–water partition coefficient (Wildman–Crippen LogP) is 4.55. The number of imidazole rings is 1. The summed E-state index contributed by atoms with van der Waals surface area (Å²) >= 11 is 0. The number of aromatic nitrogens is 2. The molecular formula is C29H25N5O3. The SMILES string of the molecule is N#Cc1ccc2cc1Oc1ccc(Oc3ccccc3)c(c1)CN1CCN(CC1=O)Cc1cncn1C2. The van der Waals surface area contributed by atoms with Crippen LogP contribution in [-0.2, 0) is 24.4 Å². The maximum atomic E-state index is 13.2. The van der Waals surface area contributed by atoms with Crippen molar-refractivity contribution in [3.05, 3.63) is 102 Å². The minimum Gasteiger partial charge on any atom is -0.457 e. The third kappa shape index (κ3) is 4.90. The van der Waals surface area contributed by atoms with Gasteiger partial charge in [0, 0.05) is 44.5 Å². The molecule has 3 aliphatic heterocycles. The molecule has 0 N–H and O–H groups in total. The molecule has 1 atom stereocenters. The second kappa shape index (κ2) is 9.80. The highest BCUT2D eigenvalue weighted by Crippen LogP contribution is 2.34. The molecule has 0 radical (unpaired) electrons. The summed E-state index contributed by atoms with van der Waals surface area (Å²) < 4.78 is 14.5. The fourth-order valence-electron chi connectivity index (χ4n) is 4.74. The Morgan fingerprint density at radius 1 is 0.946 bits per heavy atom. The number of para-hydroxylation sites is 1. The number of nitrogens with zero attached hydrogens (tertiary/aromatic N) is 5. The number of rotatable bonds is 2. The van der Waals surface area contributed by atoms with Crippen molar-refractivity contribution in [2.45, 2.75) is 19.6 Å². The topological polar surface area (TPSA) is 83.6 Å². The van der Waals surface area contributed by atoms with Crippen molar-refractivity contribution in [3.8, 4) is 29.1 Å². The number of amides is 1. The summed E-state index contributed by atoms with van der Waals surface area (Å²) in [5, 5.41) is 9.70. The van der Waals surface area contributed by atoms with E-state index in [4.69, 9.17) is 9.47 Å². The van der Waals surface area contributed by atoms with Gasteiger partial charge in [0.1, 0.15) is 29.1 Å². The van der Waals surface area contributed by atoms with E-state index < -0.39 is 0 Å². The van der Waals surface area contributed by atoms with E-state index >= 15 is 0 Å². The number of fused-ring (bicyclic) bond motifs is 2. The molecule has 3 aliphatic rings. The van der Waals surface area contributed by atoms with Gasteiger partial charge in [-0.1, -0.05) is 24.3 Å². The summed E-state index contributed by atoms with van der Waals surface area (Å²) in [5.41, 5.74) is 3.31. The molecular weight excluding hydrogens is 466 g/mol. The number of ether oxygens (including phenoxy) is 2. The van der Waals surface area contributed by atoms with E-state index in [1.807, 2.05) is 71.8 Å². The lowest BCUT2D eigenvalue weighted by Gasteiger charge is -2.34. The smallest absolute Gasteiger partial charge is 0.237 e. The lowest BCUT2D eigenvalue weighted by atomic mass is 10.1. The van der Waals surface area contributed by atoms with Crippen molar-refractivity contribution >= 4 is 5.91 Å². The van der Waals surface area contributed by atoms with Gasteiger partial charge in [-0.2, -0.15) is 5.26 Å². The van der Waals surface area contributed by atoms with Gasteiger partial charge >= 0.3 is 0 Å². The van der Waals surface area contributed by atoms with Gasteiger partial charge in [0.15, 0.2) is 0 Å². The van der Waals surface area contributed by atoms with Crippen LogP contribution in [0.1, 0.15) is 22.4 Å². The molecule has 1 aromatic heterocycles. The zero-order valence-corrected chi connectivity index (χ0v) is 20.2. The summed E-state index contributed by atoms with van der Waals surface area (Å²) in [7, 11) is 0. The van der Waals surface area contributed by atoms with Gasteiger partial charge < -0.3 is 18.9 Å². The molecule has 1 saturated heterocycles. The molecule has 1 fully saturated rings. The van der Waals surface area contributed by atoms with Crippen LogP contribution in [0.4, 0.5) is 0 Å². The lowest BCUT2D eigenvalue weighted by molar-refractivity contribution is -0.136. The Labute approximate surface area is 214 Å². The zero-order chi connectivity index (χ0) is 25.2. The molecule has 0 saturated carbocycles. The van der Waals surface area contributed by atoms with Crippen molar-refractivity contribution in [2.24, 2.45) is 0 Å². The van der Waals surface area contributed by atoms with Crippen LogP contribution in [0, 0.1) is 11.3 Å². The highest BCUT2D eigenvalue weighted by atomic mass is 16.5. The van der Waals surface area contributed by atoms with Crippen LogP contribution in [0.15, 0.2) is 79.3 Å². The third-order valence-corrected chi connectivity index (χ3v) is 6.69.